The van der Waals surface area contributed by atoms with Gasteiger partial charge in [-0.25, -0.2) is 0 Å². The first-order chi connectivity index (χ1) is 6.50. The first-order valence-corrected chi connectivity index (χ1v) is 5.10. The molecule has 0 heterocycles. The standard InChI is InChI=1S/C7H3Cl2NO3S/c8-5-2-1-4(7(9)11)3-6(5)10-14(12)13/h1-3H. The number of rotatable bonds is 2. The van der Waals surface area contributed by atoms with Crippen LogP contribution in [-0.2, 0) is 10.5 Å². The molecule has 0 aliphatic rings. The summed E-state index contributed by atoms with van der Waals surface area (Å²) in [6, 6.07) is 3.93. The van der Waals surface area contributed by atoms with E-state index in [0.29, 0.717) is 0 Å². The van der Waals surface area contributed by atoms with E-state index in [1.165, 1.54) is 18.2 Å². The molecule has 0 N–H and O–H groups in total. The van der Waals surface area contributed by atoms with Gasteiger partial charge in [0.1, 0.15) is 5.69 Å². The molecular formula is C7H3Cl2NO3S. The van der Waals surface area contributed by atoms with Gasteiger partial charge < -0.3 is 0 Å². The Labute approximate surface area is 91.2 Å². The summed E-state index contributed by atoms with van der Waals surface area (Å²) in [5, 5.41) is -0.564. The topological polar surface area (TPSA) is 63.6 Å². The molecule has 0 saturated heterocycles. The molecule has 1 rings (SSSR count). The smallest absolute Gasteiger partial charge is 0.276 e. The average Bonchev–Trinajstić information content (AvgIpc) is 2.07. The van der Waals surface area contributed by atoms with Gasteiger partial charge >= 0.3 is 10.5 Å². The van der Waals surface area contributed by atoms with Crippen LogP contribution in [0, 0.1) is 0 Å². The summed E-state index contributed by atoms with van der Waals surface area (Å²) in [7, 11) is -2.61. The third-order valence-corrected chi connectivity index (χ3v) is 2.23. The van der Waals surface area contributed by atoms with Crippen molar-refractivity contribution in [1.29, 1.82) is 0 Å². The predicted octanol–water partition coefficient (Wildman–Crippen LogP) is 2.41. The number of hydrogen-bond acceptors (Lipinski definition) is 4. The Hall–Kier alpha value is -0.910. The zero-order valence-electron chi connectivity index (χ0n) is 6.57. The van der Waals surface area contributed by atoms with E-state index in [9.17, 15) is 13.2 Å². The van der Waals surface area contributed by atoms with Crippen molar-refractivity contribution in [3.05, 3.63) is 28.8 Å². The van der Waals surface area contributed by atoms with E-state index in [2.05, 4.69) is 4.36 Å². The fourth-order valence-electron chi connectivity index (χ4n) is 0.785. The van der Waals surface area contributed by atoms with Gasteiger partial charge in [0.15, 0.2) is 0 Å². The highest BCUT2D eigenvalue weighted by Crippen LogP contribution is 2.26. The number of carbonyl (C=O) groups excluding carboxylic acids is 1. The molecule has 0 atom stereocenters. The average molecular weight is 252 g/mol. The van der Waals surface area contributed by atoms with Crippen molar-refractivity contribution in [3.63, 3.8) is 0 Å². The molecule has 14 heavy (non-hydrogen) atoms. The number of hydrogen-bond donors (Lipinski definition) is 0. The van der Waals surface area contributed by atoms with Gasteiger partial charge in [0.2, 0.25) is 0 Å². The predicted molar refractivity (Wildman–Crippen MR) is 52.6 cm³/mol. The molecule has 74 valence electrons. The number of halogens is 2. The highest BCUT2D eigenvalue weighted by Gasteiger charge is 2.05. The molecule has 1 aromatic rings. The minimum Gasteiger partial charge on any atom is -0.276 e. The van der Waals surface area contributed by atoms with Crippen LogP contribution in [0.4, 0.5) is 5.69 Å². The van der Waals surface area contributed by atoms with Crippen molar-refractivity contribution in [1.82, 2.24) is 0 Å². The monoisotopic (exact) mass is 251 g/mol. The summed E-state index contributed by atoms with van der Waals surface area (Å²) in [6.07, 6.45) is 0. The summed E-state index contributed by atoms with van der Waals surface area (Å²) < 4.78 is 23.7. The molecular weight excluding hydrogens is 249 g/mol. The Morgan fingerprint density at radius 3 is 2.50 bits per heavy atom. The molecule has 0 fully saturated rings. The molecule has 0 bridgehead atoms. The quantitative estimate of drug-likeness (QED) is 0.759. The van der Waals surface area contributed by atoms with Crippen molar-refractivity contribution >= 4 is 44.6 Å². The van der Waals surface area contributed by atoms with E-state index in [4.69, 9.17) is 23.2 Å². The fraction of sp³-hybridized carbons (Fsp3) is 0. The van der Waals surface area contributed by atoms with Gasteiger partial charge in [-0.05, 0) is 29.8 Å². The van der Waals surface area contributed by atoms with E-state index in [1.807, 2.05) is 0 Å². The molecule has 7 heteroatoms. The SMILES string of the molecule is O=C(Cl)c1ccc(Cl)c(N=S(=O)=O)c1. The minimum atomic E-state index is -2.61. The van der Waals surface area contributed by atoms with E-state index >= 15 is 0 Å². The molecule has 0 spiro atoms. The van der Waals surface area contributed by atoms with Gasteiger partial charge in [0, 0.05) is 5.56 Å². The molecule has 0 aliphatic carbocycles. The lowest BCUT2D eigenvalue weighted by Gasteiger charge is -1.97. The van der Waals surface area contributed by atoms with Crippen LogP contribution in [-0.4, -0.2) is 13.7 Å². The normalized spacial score (nSPS) is 9.57. The van der Waals surface area contributed by atoms with Crippen molar-refractivity contribution in [2.45, 2.75) is 0 Å². The summed E-state index contributed by atoms with van der Waals surface area (Å²) in [5.74, 6) is 0. The second kappa shape index (κ2) is 4.54. The summed E-state index contributed by atoms with van der Waals surface area (Å²) in [4.78, 5) is 10.7. The summed E-state index contributed by atoms with van der Waals surface area (Å²) in [5.41, 5.74) is 0.131. The second-order valence-corrected chi connectivity index (χ2v) is 3.62. The Kier molecular flexibility index (Phi) is 3.62. The Balaban J connectivity index is 3.36. The summed E-state index contributed by atoms with van der Waals surface area (Å²) >= 11 is 10.8. The lowest BCUT2D eigenvalue weighted by Crippen LogP contribution is -1.87. The lowest BCUT2D eigenvalue weighted by atomic mass is 10.2. The van der Waals surface area contributed by atoms with Crippen LogP contribution >= 0.6 is 23.2 Å². The van der Waals surface area contributed by atoms with E-state index < -0.39 is 15.7 Å². The molecule has 0 amide bonds. The van der Waals surface area contributed by atoms with Gasteiger partial charge in [-0.3, -0.25) is 4.79 Å². The Bertz CT molecular complexity index is 502. The molecule has 4 nitrogen and oxygen atoms in total. The molecule has 1 aromatic carbocycles. The first kappa shape index (κ1) is 11.2. The molecule has 0 aliphatic heterocycles. The van der Waals surface area contributed by atoms with Gasteiger partial charge in [0.25, 0.3) is 5.24 Å². The van der Waals surface area contributed by atoms with Crippen LogP contribution in [0.1, 0.15) is 10.4 Å². The molecule has 0 saturated carbocycles. The number of benzene rings is 1. The van der Waals surface area contributed by atoms with Crippen LogP contribution in [0.5, 0.6) is 0 Å². The third-order valence-electron chi connectivity index (χ3n) is 1.35. The van der Waals surface area contributed by atoms with Crippen LogP contribution in [0.2, 0.25) is 5.02 Å². The number of nitrogens with zero attached hydrogens (tertiary/aromatic N) is 1. The highest BCUT2D eigenvalue weighted by atomic mass is 35.5. The first-order valence-electron chi connectivity index (χ1n) is 3.31. The van der Waals surface area contributed by atoms with Crippen molar-refractivity contribution in [2.75, 3.05) is 0 Å². The van der Waals surface area contributed by atoms with Crippen molar-refractivity contribution in [2.24, 2.45) is 4.36 Å². The van der Waals surface area contributed by atoms with Gasteiger partial charge in [-0.15, -0.1) is 4.36 Å². The molecule has 0 radical (unpaired) electrons. The summed E-state index contributed by atoms with van der Waals surface area (Å²) in [6.45, 7) is 0. The zero-order valence-corrected chi connectivity index (χ0v) is 8.90. The Morgan fingerprint density at radius 1 is 1.36 bits per heavy atom. The third kappa shape index (κ3) is 2.80. The van der Waals surface area contributed by atoms with Gasteiger partial charge in [0.05, 0.1) is 5.02 Å². The van der Waals surface area contributed by atoms with Gasteiger partial charge in [-0.2, -0.15) is 8.42 Å². The maximum atomic E-state index is 10.7. The number of carbonyl (C=O) groups is 1. The largest absolute Gasteiger partial charge is 0.316 e. The van der Waals surface area contributed by atoms with Crippen LogP contribution in [0.15, 0.2) is 22.6 Å². The second-order valence-electron chi connectivity index (χ2n) is 2.25. The van der Waals surface area contributed by atoms with E-state index in [0.717, 1.165) is 0 Å². The molecule has 0 aromatic heterocycles. The van der Waals surface area contributed by atoms with Crippen LogP contribution in [0.25, 0.3) is 0 Å². The van der Waals surface area contributed by atoms with Crippen molar-refractivity contribution in [3.8, 4) is 0 Å². The fourth-order valence-corrected chi connectivity index (χ4v) is 1.42. The van der Waals surface area contributed by atoms with E-state index in [1.54, 1.807) is 0 Å². The van der Waals surface area contributed by atoms with Gasteiger partial charge in [-0.1, -0.05) is 11.6 Å². The maximum absolute atomic E-state index is 10.7. The minimum absolute atomic E-state index is 0.00787. The maximum Gasteiger partial charge on any atom is 0.316 e. The van der Waals surface area contributed by atoms with Crippen LogP contribution in [0.3, 0.4) is 0 Å². The zero-order chi connectivity index (χ0) is 10.7. The van der Waals surface area contributed by atoms with Crippen molar-refractivity contribution < 1.29 is 13.2 Å². The Morgan fingerprint density at radius 2 is 2.00 bits per heavy atom. The van der Waals surface area contributed by atoms with E-state index in [-0.39, 0.29) is 16.3 Å². The van der Waals surface area contributed by atoms with Crippen LogP contribution < -0.4 is 0 Å². The highest BCUT2D eigenvalue weighted by molar-refractivity contribution is 7.61. The lowest BCUT2D eigenvalue weighted by molar-refractivity contribution is 0.108. The molecule has 0 unspecified atom stereocenters.